The standard InChI is InChI=1S/C9H7BrFN3O/c1-12-9(15)7-3-13-8-6(11)2-5(10)4-14(7)8/h2-4H,1H3,(H,12,15). The number of halogens is 2. The average Bonchev–Trinajstić information content (AvgIpc) is 2.60. The van der Waals surface area contributed by atoms with Crippen molar-refractivity contribution in [2.75, 3.05) is 7.05 Å². The highest BCUT2D eigenvalue weighted by molar-refractivity contribution is 9.10. The largest absolute Gasteiger partial charge is 0.354 e. The van der Waals surface area contributed by atoms with Gasteiger partial charge in [0.25, 0.3) is 5.91 Å². The topological polar surface area (TPSA) is 46.4 Å². The normalized spacial score (nSPS) is 10.6. The first-order valence-corrected chi connectivity index (χ1v) is 4.97. The Balaban J connectivity index is 2.74. The van der Waals surface area contributed by atoms with Gasteiger partial charge in [-0.15, -0.1) is 0 Å². The minimum atomic E-state index is -0.473. The summed E-state index contributed by atoms with van der Waals surface area (Å²) in [5, 5.41) is 2.46. The lowest BCUT2D eigenvalue weighted by molar-refractivity contribution is 0.0957. The number of rotatable bonds is 1. The van der Waals surface area contributed by atoms with Crippen LogP contribution in [0.1, 0.15) is 10.5 Å². The summed E-state index contributed by atoms with van der Waals surface area (Å²) in [4.78, 5) is 15.2. The van der Waals surface area contributed by atoms with Crippen LogP contribution in [0, 0.1) is 5.82 Å². The lowest BCUT2D eigenvalue weighted by Gasteiger charge is -2.01. The van der Waals surface area contributed by atoms with Gasteiger partial charge in [0, 0.05) is 17.7 Å². The molecule has 1 N–H and O–H groups in total. The number of carbonyl (C=O) groups is 1. The smallest absolute Gasteiger partial charge is 0.269 e. The summed E-state index contributed by atoms with van der Waals surface area (Å²) in [7, 11) is 1.51. The number of nitrogens with zero attached hydrogens (tertiary/aromatic N) is 2. The first-order valence-electron chi connectivity index (χ1n) is 4.17. The van der Waals surface area contributed by atoms with E-state index < -0.39 is 5.82 Å². The van der Waals surface area contributed by atoms with Gasteiger partial charge in [-0.3, -0.25) is 9.20 Å². The third-order valence-corrected chi connectivity index (χ3v) is 2.42. The highest BCUT2D eigenvalue weighted by Gasteiger charge is 2.13. The highest BCUT2D eigenvalue weighted by atomic mass is 79.9. The zero-order valence-corrected chi connectivity index (χ0v) is 9.38. The van der Waals surface area contributed by atoms with Crippen LogP contribution in [-0.4, -0.2) is 22.3 Å². The summed E-state index contributed by atoms with van der Waals surface area (Å²) < 4.78 is 15.3. The van der Waals surface area contributed by atoms with Gasteiger partial charge in [-0.2, -0.15) is 0 Å². The van der Waals surface area contributed by atoms with Crippen LogP contribution in [0.2, 0.25) is 0 Å². The van der Waals surface area contributed by atoms with E-state index in [0.29, 0.717) is 10.2 Å². The fourth-order valence-electron chi connectivity index (χ4n) is 1.31. The average molecular weight is 272 g/mol. The van der Waals surface area contributed by atoms with Gasteiger partial charge in [0.05, 0.1) is 6.20 Å². The molecule has 4 nitrogen and oxygen atoms in total. The molecule has 2 aromatic rings. The fraction of sp³-hybridized carbons (Fsp3) is 0.111. The van der Waals surface area contributed by atoms with Crippen LogP contribution in [0.25, 0.3) is 5.65 Å². The number of fused-ring (bicyclic) bond motifs is 1. The van der Waals surface area contributed by atoms with E-state index >= 15 is 0 Å². The molecule has 0 bridgehead atoms. The summed E-state index contributed by atoms with van der Waals surface area (Å²) in [5.74, 6) is -0.778. The van der Waals surface area contributed by atoms with Crippen LogP contribution in [0.15, 0.2) is 22.9 Å². The summed E-state index contributed by atoms with van der Waals surface area (Å²) in [6.45, 7) is 0. The van der Waals surface area contributed by atoms with Crippen LogP contribution in [0.4, 0.5) is 4.39 Å². The predicted molar refractivity (Wildman–Crippen MR) is 56.2 cm³/mol. The zero-order valence-electron chi connectivity index (χ0n) is 7.79. The number of carbonyl (C=O) groups excluding carboxylic acids is 1. The number of amides is 1. The van der Waals surface area contributed by atoms with E-state index in [-0.39, 0.29) is 11.6 Å². The van der Waals surface area contributed by atoms with Gasteiger partial charge in [-0.25, -0.2) is 9.37 Å². The molecule has 0 fully saturated rings. The number of hydrogen-bond donors (Lipinski definition) is 1. The minimum Gasteiger partial charge on any atom is -0.354 e. The van der Waals surface area contributed by atoms with E-state index in [0.717, 1.165) is 0 Å². The maximum Gasteiger partial charge on any atom is 0.269 e. The second kappa shape index (κ2) is 3.62. The molecule has 2 heterocycles. The molecule has 0 aromatic carbocycles. The molecule has 1 amide bonds. The van der Waals surface area contributed by atoms with E-state index in [2.05, 4.69) is 26.2 Å². The summed E-state index contributed by atoms with van der Waals surface area (Å²) in [6.07, 6.45) is 2.93. The molecule has 0 unspecified atom stereocenters. The number of aromatic nitrogens is 2. The quantitative estimate of drug-likeness (QED) is 0.857. The van der Waals surface area contributed by atoms with Gasteiger partial charge >= 0.3 is 0 Å². The number of pyridine rings is 1. The van der Waals surface area contributed by atoms with Crippen molar-refractivity contribution in [2.24, 2.45) is 0 Å². The van der Waals surface area contributed by atoms with Crippen molar-refractivity contribution in [3.8, 4) is 0 Å². The maximum absolute atomic E-state index is 13.4. The van der Waals surface area contributed by atoms with Crippen LogP contribution in [0.3, 0.4) is 0 Å². The summed E-state index contributed by atoms with van der Waals surface area (Å²) in [6, 6.07) is 1.30. The van der Waals surface area contributed by atoms with Crippen molar-refractivity contribution in [1.82, 2.24) is 14.7 Å². The van der Waals surface area contributed by atoms with Gasteiger partial charge in [-0.1, -0.05) is 0 Å². The molecule has 0 atom stereocenters. The molecule has 0 aliphatic heterocycles. The second-order valence-electron chi connectivity index (χ2n) is 2.92. The Morgan fingerprint density at radius 3 is 3.07 bits per heavy atom. The third-order valence-electron chi connectivity index (χ3n) is 1.99. The van der Waals surface area contributed by atoms with E-state index in [4.69, 9.17) is 0 Å². The summed E-state index contributed by atoms with van der Waals surface area (Å²) >= 11 is 3.15. The predicted octanol–water partition coefficient (Wildman–Crippen LogP) is 1.60. The molecular formula is C9H7BrFN3O. The summed E-state index contributed by atoms with van der Waals surface area (Å²) in [5.41, 5.74) is 0.435. The van der Waals surface area contributed by atoms with Crippen LogP contribution in [-0.2, 0) is 0 Å². The highest BCUT2D eigenvalue weighted by Crippen LogP contribution is 2.17. The molecule has 78 valence electrons. The van der Waals surface area contributed by atoms with Crippen LogP contribution >= 0.6 is 15.9 Å². The van der Waals surface area contributed by atoms with Crippen molar-refractivity contribution in [3.05, 3.63) is 34.4 Å². The lowest BCUT2D eigenvalue weighted by Crippen LogP contribution is -2.19. The Labute approximate surface area is 93.2 Å². The van der Waals surface area contributed by atoms with Crippen molar-refractivity contribution in [2.45, 2.75) is 0 Å². The Bertz CT molecular complexity index is 537. The van der Waals surface area contributed by atoms with Gasteiger partial charge in [0.1, 0.15) is 5.69 Å². The van der Waals surface area contributed by atoms with Crippen LogP contribution in [0.5, 0.6) is 0 Å². The molecule has 2 rings (SSSR count). The molecule has 6 heteroatoms. The fourth-order valence-corrected chi connectivity index (χ4v) is 1.72. The first-order chi connectivity index (χ1) is 7.13. The molecule has 15 heavy (non-hydrogen) atoms. The SMILES string of the molecule is CNC(=O)c1cnc2c(F)cc(Br)cn12. The Morgan fingerprint density at radius 2 is 2.40 bits per heavy atom. The first kappa shape index (κ1) is 10.1. The second-order valence-corrected chi connectivity index (χ2v) is 3.84. The molecule has 0 spiro atoms. The molecule has 0 aliphatic rings. The van der Waals surface area contributed by atoms with E-state index in [1.807, 2.05) is 0 Å². The molecular weight excluding hydrogens is 265 g/mol. The molecule has 0 saturated carbocycles. The maximum atomic E-state index is 13.4. The van der Waals surface area contributed by atoms with Gasteiger partial charge in [-0.05, 0) is 22.0 Å². The lowest BCUT2D eigenvalue weighted by atomic mass is 10.4. The van der Waals surface area contributed by atoms with E-state index in [9.17, 15) is 9.18 Å². The molecule has 0 radical (unpaired) electrons. The van der Waals surface area contributed by atoms with Gasteiger partial charge in [0.15, 0.2) is 11.5 Å². The van der Waals surface area contributed by atoms with Crippen molar-refractivity contribution in [1.29, 1.82) is 0 Å². The van der Waals surface area contributed by atoms with Crippen molar-refractivity contribution in [3.63, 3.8) is 0 Å². The third kappa shape index (κ3) is 1.61. The molecule has 2 aromatic heterocycles. The number of nitrogens with one attached hydrogen (secondary N) is 1. The van der Waals surface area contributed by atoms with Gasteiger partial charge < -0.3 is 5.32 Å². The van der Waals surface area contributed by atoms with Crippen molar-refractivity contribution >= 4 is 27.5 Å². The van der Waals surface area contributed by atoms with E-state index in [1.54, 1.807) is 6.20 Å². The molecule has 0 saturated heterocycles. The minimum absolute atomic E-state index is 0.136. The Morgan fingerprint density at radius 1 is 1.67 bits per heavy atom. The monoisotopic (exact) mass is 271 g/mol. The number of imidazole rings is 1. The van der Waals surface area contributed by atoms with Gasteiger partial charge in [0.2, 0.25) is 0 Å². The Hall–Kier alpha value is -1.43. The van der Waals surface area contributed by atoms with Crippen LogP contribution < -0.4 is 5.32 Å². The Kier molecular flexibility index (Phi) is 2.44. The molecule has 0 aliphatic carbocycles. The zero-order chi connectivity index (χ0) is 11.0. The van der Waals surface area contributed by atoms with E-state index in [1.165, 1.54) is 23.7 Å². The van der Waals surface area contributed by atoms with Crippen molar-refractivity contribution < 1.29 is 9.18 Å². The number of hydrogen-bond acceptors (Lipinski definition) is 2.